The van der Waals surface area contributed by atoms with Crippen LogP contribution in [0.2, 0.25) is 0 Å². The van der Waals surface area contributed by atoms with Gasteiger partial charge in [-0.1, -0.05) is 6.07 Å². The first kappa shape index (κ1) is 13.3. The second-order valence-corrected chi connectivity index (χ2v) is 4.55. The zero-order chi connectivity index (χ0) is 13.5. The molecule has 2 aromatic heterocycles. The fraction of sp³-hybridized carbons (Fsp3) is 0.357. The van der Waals surface area contributed by atoms with Crippen molar-refractivity contribution in [1.29, 1.82) is 0 Å². The van der Waals surface area contributed by atoms with Crippen molar-refractivity contribution in [3.8, 4) is 0 Å². The number of rotatable bonds is 6. The molecule has 1 N–H and O–H groups in total. The highest BCUT2D eigenvalue weighted by Crippen LogP contribution is 2.01. The van der Waals surface area contributed by atoms with Crippen LogP contribution in [0.1, 0.15) is 18.9 Å². The summed E-state index contributed by atoms with van der Waals surface area (Å²) in [6, 6.07) is 5.87. The highest BCUT2D eigenvalue weighted by Gasteiger charge is 2.08. The van der Waals surface area contributed by atoms with E-state index in [2.05, 4.69) is 15.4 Å². The normalized spacial score (nSPS) is 12.1. The number of amides is 1. The zero-order valence-electron chi connectivity index (χ0n) is 11.0. The Kier molecular flexibility index (Phi) is 4.66. The Morgan fingerprint density at radius 2 is 2.32 bits per heavy atom. The first-order chi connectivity index (χ1) is 9.24. The highest BCUT2D eigenvalue weighted by atomic mass is 16.1. The van der Waals surface area contributed by atoms with Crippen LogP contribution in [0.15, 0.2) is 43.0 Å². The molecular weight excluding hydrogens is 240 g/mol. The van der Waals surface area contributed by atoms with E-state index in [1.54, 1.807) is 17.1 Å². The predicted molar refractivity (Wildman–Crippen MR) is 72.4 cm³/mol. The third-order valence-corrected chi connectivity index (χ3v) is 2.80. The summed E-state index contributed by atoms with van der Waals surface area (Å²) in [5.74, 6) is 0.0480. The fourth-order valence-electron chi connectivity index (χ4n) is 1.92. The molecule has 2 rings (SSSR count). The SMILES string of the molecule is C[C@@H](Cc1cccnc1)NC(=O)CCn1cccn1. The van der Waals surface area contributed by atoms with Crippen molar-refractivity contribution in [2.24, 2.45) is 0 Å². The Bertz CT molecular complexity index is 495. The monoisotopic (exact) mass is 258 g/mol. The van der Waals surface area contributed by atoms with Gasteiger partial charge in [-0.2, -0.15) is 5.10 Å². The maximum Gasteiger partial charge on any atom is 0.222 e. The van der Waals surface area contributed by atoms with Crippen LogP contribution in [-0.2, 0) is 17.8 Å². The minimum atomic E-state index is 0.0480. The van der Waals surface area contributed by atoms with Gasteiger partial charge in [0.15, 0.2) is 0 Å². The number of carbonyl (C=O) groups is 1. The quantitative estimate of drug-likeness (QED) is 0.852. The van der Waals surface area contributed by atoms with Gasteiger partial charge in [0.25, 0.3) is 0 Å². The summed E-state index contributed by atoms with van der Waals surface area (Å²) in [6.07, 6.45) is 8.37. The van der Waals surface area contributed by atoms with Gasteiger partial charge in [0, 0.05) is 43.8 Å². The Labute approximate surface area is 112 Å². The molecule has 0 spiro atoms. The smallest absolute Gasteiger partial charge is 0.222 e. The molecule has 1 atom stereocenters. The highest BCUT2D eigenvalue weighted by molar-refractivity contribution is 5.76. The molecule has 0 fully saturated rings. The standard InChI is InChI=1S/C14H18N4O/c1-12(10-13-4-2-6-15-11-13)17-14(19)5-9-18-8-3-7-16-18/h2-4,6-8,11-12H,5,9-10H2,1H3,(H,17,19)/t12-/m0/s1. The molecule has 5 heteroatoms. The third-order valence-electron chi connectivity index (χ3n) is 2.80. The van der Waals surface area contributed by atoms with Crippen molar-refractivity contribution in [2.75, 3.05) is 0 Å². The molecular formula is C14H18N4O. The maximum atomic E-state index is 11.8. The van der Waals surface area contributed by atoms with Gasteiger partial charge in [-0.15, -0.1) is 0 Å². The van der Waals surface area contributed by atoms with Gasteiger partial charge in [-0.25, -0.2) is 0 Å². The molecule has 19 heavy (non-hydrogen) atoms. The largest absolute Gasteiger partial charge is 0.353 e. The van der Waals surface area contributed by atoms with Gasteiger partial charge in [-0.3, -0.25) is 14.5 Å². The summed E-state index contributed by atoms with van der Waals surface area (Å²) in [7, 11) is 0. The average molecular weight is 258 g/mol. The van der Waals surface area contributed by atoms with E-state index < -0.39 is 0 Å². The lowest BCUT2D eigenvalue weighted by molar-refractivity contribution is -0.121. The lowest BCUT2D eigenvalue weighted by Crippen LogP contribution is -2.34. The molecule has 0 aliphatic carbocycles. The third kappa shape index (κ3) is 4.54. The van der Waals surface area contributed by atoms with Crippen molar-refractivity contribution in [3.63, 3.8) is 0 Å². The Morgan fingerprint density at radius 1 is 1.42 bits per heavy atom. The summed E-state index contributed by atoms with van der Waals surface area (Å²) < 4.78 is 1.76. The van der Waals surface area contributed by atoms with Crippen LogP contribution in [0.4, 0.5) is 0 Å². The lowest BCUT2D eigenvalue weighted by Gasteiger charge is -2.13. The van der Waals surface area contributed by atoms with Crippen molar-refractivity contribution in [1.82, 2.24) is 20.1 Å². The number of aryl methyl sites for hydroxylation is 1. The van der Waals surface area contributed by atoms with Crippen molar-refractivity contribution < 1.29 is 4.79 Å². The summed E-state index contributed by atoms with van der Waals surface area (Å²) in [5.41, 5.74) is 1.13. The Balaban J connectivity index is 1.72. The van der Waals surface area contributed by atoms with E-state index in [0.29, 0.717) is 13.0 Å². The molecule has 0 aliphatic rings. The van der Waals surface area contributed by atoms with Crippen LogP contribution < -0.4 is 5.32 Å². The molecule has 0 radical (unpaired) electrons. The zero-order valence-corrected chi connectivity index (χ0v) is 11.0. The van der Waals surface area contributed by atoms with Gasteiger partial charge in [0.05, 0.1) is 0 Å². The molecule has 0 aromatic carbocycles. The van der Waals surface area contributed by atoms with E-state index in [4.69, 9.17) is 0 Å². The molecule has 0 bridgehead atoms. The van der Waals surface area contributed by atoms with Gasteiger partial charge in [-0.05, 0) is 31.0 Å². The summed E-state index contributed by atoms with van der Waals surface area (Å²) >= 11 is 0. The summed E-state index contributed by atoms with van der Waals surface area (Å²) in [6.45, 7) is 2.61. The lowest BCUT2D eigenvalue weighted by atomic mass is 10.1. The minimum Gasteiger partial charge on any atom is -0.353 e. The van der Waals surface area contributed by atoms with Gasteiger partial charge in [0.2, 0.25) is 5.91 Å². The number of nitrogens with zero attached hydrogens (tertiary/aromatic N) is 3. The van der Waals surface area contributed by atoms with Gasteiger partial charge < -0.3 is 5.32 Å². The van der Waals surface area contributed by atoms with Crippen LogP contribution in [0.25, 0.3) is 0 Å². The summed E-state index contributed by atoms with van der Waals surface area (Å²) in [4.78, 5) is 15.8. The first-order valence-corrected chi connectivity index (χ1v) is 6.40. The molecule has 100 valence electrons. The van der Waals surface area contributed by atoms with Crippen LogP contribution in [0.3, 0.4) is 0 Å². The van der Waals surface area contributed by atoms with Crippen LogP contribution in [-0.4, -0.2) is 26.7 Å². The fourth-order valence-corrected chi connectivity index (χ4v) is 1.92. The number of hydrogen-bond acceptors (Lipinski definition) is 3. The number of aromatic nitrogens is 3. The van der Waals surface area contributed by atoms with E-state index >= 15 is 0 Å². The van der Waals surface area contributed by atoms with Crippen LogP contribution >= 0.6 is 0 Å². The maximum absolute atomic E-state index is 11.8. The topological polar surface area (TPSA) is 59.8 Å². The van der Waals surface area contributed by atoms with Crippen molar-refractivity contribution >= 4 is 5.91 Å². The Morgan fingerprint density at radius 3 is 3.00 bits per heavy atom. The average Bonchev–Trinajstić information content (AvgIpc) is 2.90. The second-order valence-electron chi connectivity index (χ2n) is 4.55. The number of carbonyl (C=O) groups excluding carboxylic acids is 1. The van der Waals surface area contributed by atoms with Crippen LogP contribution in [0, 0.1) is 0 Å². The Hall–Kier alpha value is -2.17. The molecule has 2 heterocycles. The van der Waals surface area contributed by atoms with E-state index in [1.165, 1.54) is 0 Å². The second kappa shape index (κ2) is 6.68. The summed E-state index contributed by atoms with van der Waals surface area (Å²) in [5, 5.41) is 7.05. The van der Waals surface area contributed by atoms with E-state index in [-0.39, 0.29) is 11.9 Å². The van der Waals surface area contributed by atoms with Crippen molar-refractivity contribution in [2.45, 2.75) is 32.4 Å². The molecule has 2 aromatic rings. The number of hydrogen-bond donors (Lipinski definition) is 1. The molecule has 0 aliphatic heterocycles. The number of pyridine rings is 1. The van der Waals surface area contributed by atoms with Crippen LogP contribution in [0.5, 0.6) is 0 Å². The molecule has 0 saturated carbocycles. The van der Waals surface area contributed by atoms with Gasteiger partial charge >= 0.3 is 0 Å². The predicted octanol–water partition coefficient (Wildman–Crippen LogP) is 1.42. The first-order valence-electron chi connectivity index (χ1n) is 6.40. The minimum absolute atomic E-state index is 0.0480. The van der Waals surface area contributed by atoms with Gasteiger partial charge in [0.1, 0.15) is 0 Å². The number of nitrogens with one attached hydrogen (secondary N) is 1. The van der Waals surface area contributed by atoms with E-state index in [9.17, 15) is 4.79 Å². The molecule has 1 amide bonds. The van der Waals surface area contributed by atoms with E-state index in [1.807, 2.05) is 37.5 Å². The van der Waals surface area contributed by atoms with Crippen molar-refractivity contribution in [3.05, 3.63) is 48.5 Å². The molecule has 5 nitrogen and oxygen atoms in total. The molecule has 0 saturated heterocycles. The van der Waals surface area contributed by atoms with E-state index in [0.717, 1.165) is 12.0 Å². The molecule has 0 unspecified atom stereocenters.